The third-order valence-electron chi connectivity index (χ3n) is 11.7. The molecule has 0 saturated carbocycles. The number of hydrogen-bond donors (Lipinski definition) is 1. The number of imide groups is 2. The van der Waals surface area contributed by atoms with Gasteiger partial charge < -0.3 is 5.11 Å². The largest absolute Gasteiger partial charge is 0.481 e. The van der Waals surface area contributed by atoms with Gasteiger partial charge in [0.1, 0.15) is 0 Å². The van der Waals surface area contributed by atoms with E-state index in [2.05, 4.69) is 13.8 Å². The van der Waals surface area contributed by atoms with Crippen LogP contribution in [0.1, 0.15) is 138 Å². The average Bonchev–Trinajstić information content (AvgIpc) is 3.18. The van der Waals surface area contributed by atoms with Crippen molar-refractivity contribution in [3.63, 3.8) is 0 Å². The van der Waals surface area contributed by atoms with Gasteiger partial charge in [-0.2, -0.15) is 0 Å². The Bertz CT molecular complexity index is 2350. The Kier molecular flexibility index (Phi) is 9.38. The average molecular weight is 721 g/mol. The lowest BCUT2D eigenvalue weighted by atomic mass is 9.81. The minimum Gasteiger partial charge on any atom is -0.481 e. The number of carbonyl (C=O) groups excluding carboxylic acids is 4. The molecule has 54 heavy (non-hydrogen) atoms. The van der Waals surface area contributed by atoms with Gasteiger partial charge in [-0.25, -0.2) is 0 Å². The zero-order valence-electron chi connectivity index (χ0n) is 30.8. The fourth-order valence-electron chi connectivity index (χ4n) is 9.13. The molecule has 0 aliphatic carbocycles. The van der Waals surface area contributed by atoms with Gasteiger partial charge >= 0.3 is 5.97 Å². The molecule has 0 radical (unpaired) electrons. The lowest BCUT2D eigenvalue weighted by Crippen LogP contribution is -2.47. The number of carboxylic acid groups (broad SMARTS) is 1. The highest BCUT2D eigenvalue weighted by atomic mass is 16.4. The minimum atomic E-state index is -1.12. The number of amides is 4. The Balaban J connectivity index is 1.25. The number of aliphatic carboxylic acids is 1. The van der Waals surface area contributed by atoms with E-state index in [0.29, 0.717) is 38.6 Å². The third-order valence-corrected chi connectivity index (χ3v) is 11.7. The first-order chi connectivity index (χ1) is 26.3. The van der Waals surface area contributed by atoms with Gasteiger partial charge in [-0.05, 0) is 75.0 Å². The van der Waals surface area contributed by atoms with Crippen LogP contribution >= 0.6 is 0 Å². The van der Waals surface area contributed by atoms with E-state index >= 15 is 0 Å². The maximum atomic E-state index is 14.4. The number of unbranched alkanes of at least 4 members (excludes halogenated alkanes) is 6. The van der Waals surface area contributed by atoms with E-state index in [1.54, 1.807) is 47.4 Å². The number of benzene rings is 6. The van der Waals surface area contributed by atoms with Gasteiger partial charge in [-0.15, -0.1) is 0 Å². The standard InChI is InChI=1S/C46H44N2O6/c1-3-5-7-12-16-28(17-13-8-6-4-2)47-43(51)33-22-18-29-31-20-24-35-42-36(25-21-32(40(31)42)30-19-23-34(44(47)52)41(33)39(29)30)46(54)48(45(35)53)37(26-38(49)50)27-14-10-9-11-15-27/h9-11,14-15,18-25,28,37H,3-8,12-13,16-17,26H2,1-2H3,(H,49,50). The Morgan fingerprint density at radius 2 is 0.926 bits per heavy atom. The number of carbonyl (C=O) groups is 5. The van der Waals surface area contributed by atoms with Crippen molar-refractivity contribution < 1.29 is 29.1 Å². The van der Waals surface area contributed by atoms with E-state index in [0.717, 1.165) is 101 Å². The van der Waals surface area contributed by atoms with Gasteiger partial charge in [-0.1, -0.05) is 120 Å². The van der Waals surface area contributed by atoms with Crippen molar-refractivity contribution in [2.75, 3.05) is 0 Å². The number of nitrogens with zero attached hydrogens (tertiary/aromatic N) is 2. The maximum absolute atomic E-state index is 14.4. The predicted molar refractivity (Wildman–Crippen MR) is 211 cm³/mol. The molecular formula is C46H44N2O6. The Morgan fingerprint density at radius 3 is 1.31 bits per heavy atom. The highest BCUT2D eigenvalue weighted by molar-refractivity contribution is 6.41. The molecule has 6 aromatic carbocycles. The topological polar surface area (TPSA) is 112 Å². The first kappa shape index (κ1) is 35.4. The van der Waals surface area contributed by atoms with E-state index in [4.69, 9.17) is 0 Å². The molecule has 0 saturated heterocycles. The van der Waals surface area contributed by atoms with Crippen molar-refractivity contribution in [1.82, 2.24) is 9.80 Å². The molecule has 6 aromatic rings. The summed E-state index contributed by atoms with van der Waals surface area (Å²) >= 11 is 0. The van der Waals surface area contributed by atoms with Crippen LogP contribution in [0.2, 0.25) is 0 Å². The summed E-state index contributed by atoms with van der Waals surface area (Å²) in [7, 11) is 0. The fourth-order valence-corrected chi connectivity index (χ4v) is 9.13. The van der Waals surface area contributed by atoms with E-state index in [1.165, 1.54) is 0 Å². The normalized spacial score (nSPS) is 14.9. The summed E-state index contributed by atoms with van der Waals surface area (Å²) in [6.45, 7) is 4.36. The highest BCUT2D eigenvalue weighted by Gasteiger charge is 2.41. The van der Waals surface area contributed by atoms with Gasteiger partial charge in [0.2, 0.25) is 0 Å². The van der Waals surface area contributed by atoms with E-state index in [1.807, 2.05) is 36.4 Å². The number of fused-ring (bicyclic) bond motifs is 2. The molecule has 0 fully saturated rings. The lowest BCUT2D eigenvalue weighted by Gasteiger charge is -2.35. The first-order valence-electron chi connectivity index (χ1n) is 19.5. The van der Waals surface area contributed by atoms with Crippen LogP contribution in [0.25, 0.3) is 43.1 Å². The summed E-state index contributed by atoms with van der Waals surface area (Å²) in [6.07, 6.45) is 9.79. The van der Waals surface area contributed by atoms with Crippen molar-refractivity contribution in [2.24, 2.45) is 0 Å². The molecule has 1 atom stereocenters. The molecule has 2 heterocycles. The van der Waals surface area contributed by atoms with Crippen LogP contribution in [-0.4, -0.2) is 50.5 Å². The fraction of sp³-hybridized carbons (Fsp3) is 0.326. The van der Waals surface area contributed by atoms with Crippen LogP contribution < -0.4 is 0 Å². The Hall–Kier alpha value is -5.63. The van der Waals surface area contributed by atoms with Crippen molar-refractivity contribution in [2.45, 2.75) is 96.6 Å². The summed E-state index contributed by atoms with van der Waals surface area (Å²) in [4.78, 5) is 72.2. The SMILES string of the molecule is CCCCCCC(CCCCCC)N1C(=O)c2ccc3c4ccc5c6c(ccc(c7ccc(c2c37)C1=O)c64)C(=O)N(C(CC(=O)O)c1ccccc1)C5=O. The molecule has 4 amide bonds. The number of carboxylic acids is 1. The molecule has 8 rings (SSSR count). The second-order valence-electron chi connectivity index (χ2n) is 15.0. The summed E-state index contributed by atoms with van der Waals surface area (Å²) in [5.41, 5.74) is 2.27. The molecular weight excluding hydrogens is 677 g/mol. The summed E-state index contributed by atoms with van der Waals surface area (Å²) in [6, 6.07) is 22.4. The smallest absolute Gasteiger partial charge is 0.305 e. The van der Waals surface area contributed by atoms with Crippen molar-refractivity contribution >= 4 is 72.7 Å². The molecule has 1 unspecified atom stereocenters. The quantitative estimate of drug-likeness (QED) is 0.0489. The van der Waals surface area contributed by atoms with Crippen molar-refractivity contribution in [3.8, 4) is 0 Å². The van der Waals surface area contributed by atoms with Crippen LogP contribution in [0.5, 0.6) is 0 Å². The van der Waals surface area contributed by atoms with E-state index < -0.39 is 30.2 Å². The summed E-state index contributed by atoms with van der Waals surface area (Å²) in [5, 5.41) is 15.9. The lowest BCUT2D eigenvalue weighted by molar-refractivity contribution is -0.138. The molecule has 2 aliphatic rings. The second kappa shape index (κ2) is 14.3. The van der Waals surface area contributed by atoms with Gasteiger partial charge in [0.25, 0.3) is 23.6 Å². The summed E-state index contributed by atoms with van der Waals surface area (Å²) < 4.78 is 0. The third kappa shape index (κ3) is 5.62. The summed E-state index contributed by atoms with van der Waals surface area (Å²) in [5.74, 6) is -2.69. The number of hydrogen-bond acceptors (Lipinski definition) is 5. The zero-order valence-corrected chi connectivity index (χ0v) is 30.8. The van der Waals surface area contributed by atoms with E-state index in [9.17, 15) is 29.1 Å². The molecule has 274 valence electrons. The van der Waals surface area contributed by atoms with Gasteiger partial charge in [-0.3, -0.25) is 33.8 Å². The van der Waals surface area contributed by atoms with Crippen LogP contribution in [0, 0.1) is 0 Å². The monoisotopic (exact) mass is 720 g/mol. The van der Waals surface area contributed by atoms with Crippen molar-refractivity contribution in [1.29, 1.82) is 0 Å². The van der Waals surface area contributed by atoms with E-state index in [-0.39, 0.29) is 17.9 Å². The molecule has 1 N–H and O–H groups in total. The minimum absolute atomic E-state index is 0.155. The maximum Gasteiger partial charge on any atom is 0.305 e. The molecule has 2 aliphatic heterocycles. The Labute approximate surface area is 314 Å². The predicted octanol–water partition coefficient (Wildman–Crippen LogP) is 10.5. The molecule has 8 heteroatoms. The first-order valence-corrected chi connectivity index (χ1v) is 19.5. The van der Waals surface area contributed by atoms with Crippen LogP contribution in [-0.2, 0) is 4.79 Å². The van der Waals surface area contributed by atoms with Gasteiger partial charge in [0.15, 0.2) is 0 Å². The van der Waals surface area contributed by atoms with Crippen LogP contribution in [0.15, 0.2) is 78.9 Å². The second-order valence-corrected chi connectivity index (χ2v) is 15.0. The molecule has 0 spiro atoms. The molecule has 0 aromatic heterocycles. The van der Waals surface area contributed by atoms with Gasteiger partial charge in [0.05, 0.1) is 12.5 Å². The molecule has 0 bridgehead atoms. The van der Waals surface area contributed by atoms with Crippen LogP contribution in [0.3, 0.4) is 0 Å². The zero-order chi connectivity index (χ0) is 37.7. The van der Waals surface area contributed by atoms with Crippen LogP contribution in [0.4, 0.5) is 0 Å². The Morgan fingerprint density at radius 1 is 0.519 bits per heavy atom. The molecule has 8 nitrogen and oxygen atoms in total. The number of rotatable bonds is 15. The van der Waals surface area contributed by atoms with Gasteiger partial charge in [0, 0.05) is 39.1 Å². The van der Waals surface area contributed by atoms with Crippen molar-refractivity contribution in [3.05, 3.63) is 107 Å². The highest BCUT2D eigenvalue weighted by Crippen LogP contribution is 2.47.